The number of rotatable bonds is 12. The smallest absolute Gasteiger partial charge is 0.355 e. The van der Waals surface area contributed by atoms with Gasteiger partial charge in [-0.25, -0.2) is 9.78 Å². The Labute approximate surface area is 175 Å². The van der Waals surface area contributed by atoms with E-state index in [4.69, 9.17) is 5.11 Å². The number of allylic oxidation sites excluding steroid dienone is 1. The molecule has 4 atom stereocenters. The Morgan fingerprint density at radius 3 is 2.96 bits per heavy atom. The van der Waals surface area contributed by atoms with E-state index in [9.17, 15) is 14.7 Å². The van der Waals surface area contributed by atoms with E-state index in [0.29, 0.717) is 18.1 Å². The van der Waals surface area contributed by atoms with Gasteiger partial charge in [-0.15, -0.1) is 11.3 Å². The fraction of sp³-hybridized carbons (Fsp3) is 0.667. The summed E-state index contributed by atoms with van der Waals surface area (Å²) in [6, 6.07) is 0. The highest BCUT2D eigenvalue weighted by molar-refractivity contribution is 8.01. The predicted octanol–water partition coefficient (Wildman–Crippen LogP) is 5.05. The van der Waals surface area contributed by atoms with Crippen LogP contribution in [0.3, 0.4) is 0 Å². The molecule has 1 fully saturated rings. The molecular weight excluding hydrogens is 394 g/mol. The third kappa shape index (κ3) is 7.33. The van der Waals surface area contributed by atoms with Crippen molar-refractivity contribution < 1.29 is 19.8 Å². The van der Waals surface area contributed by atoms with Crippen LogP contribution in [0.2, 0.25) is 0 Å². The summed E-state index contributed by atoms with van der Waals surface area (Å²) in [6.45, 7) is 4.36. The Kier molecular flexibility index (Phi) is 9.68. The molecule has 1 aliphatic rings. The van der Waals surface area contributed by atoms with Crippen LogP contribution in [0.5, 0.6) is 0 Å². The summed E-state index contributed by atoms with van der Waals surface area (Å²) in [5, 5.41) is 20.7. The zero-order valence-corrected chi connectivity index (χ0v) is 18.3. The number of aliphatic hydroxyl groups is 1. The summed E-state index contributed by atoms with van der Waals surface area (Å²) in [6.07, 6.45) is 9.98. The van der Waals surface area contributed by atoms with Crippen LogP contribution in [0.4, 0.5) is 0 Å². The molecule has 7 heteroatoms. The second-order valence-corrected chi connectivity index (χ2v) is 9.85. The number of aliphatic hydroxyl groups excluding tert-OH is 1. The van der Waals surface area contributed by atoms with Crippen LogP contribution >= 0.6 is 23.1 Å². The maximum atomic E-state index is 12.3. The summed E-state index contributed by atoms with van der Waals surface area (Å²) in [5.41, 5.74) is 0.0763. The number of thioether (sulfide) groups is 1. The molecule has 0 saturated heterocycles. The third-order valence-electron chi connectivity index (χ3n) is 5.29. The van der Waals surface area contributed by atoms with Gasteiger partial charge in [-0.3, -0.25) is 4.79 Å². The number of hydrogen-bond acceptors (Lipinski definition) is 6. The zero-order valence-electron chi connectivity index (χ0n) is 16.7. The van der Waals surface area contributed by atoms with Crippen LogP contribution in [-0.4, -0.2) is 38.8 Å². The summed E-state index contributed by atoms with van der Waals surface area (Å²) in [7, 11) is 0. The molecule has 1 aromatic rings. The number of Topliss-reactive ketones (excluding diaryl/α,β-unsaturated/α-hetero) is 1. The number of hydrogen-bond donors (Lipinski definition) is 2. The third-order valence-corrected chi connectivity index (χ3v) is 7.34. The van der Waals surface area contributed by atoms with Crippen LogP contribution in [0.1, 0.15) is 69.3 Å². The highest BCUT2D eigenvalue weighted by Crippen LogP contribution is 2.35. The van der Waals surface area contributed by atoms with E-state index in [1.54, 1.807) is 5.38 Å². The number of thiazole rings is 1. The van der Waals surface area contributed by atoms with Crippen molar-refractivity contribution in [2.45, 2.75) is 69.2 Å². The lowest BCUT2D eigenvalue weighted by atomic mass is 9.91. The van der Waals surface area contributed by atoms with Crippen molar-refractivity contribution in [2.24, 2.45) is 17.8 Å². The van der Waals surface area contributed by atoms with Crippen molar-refractivity contribution in [1.82, 2.24) is 4.98 Å². The number of aromatic nitrogens is 1. The first-order valence-corrected chi connectivity index (χ1v) is 12.0. The summed E-state index contributed by atoms with van der Waals surface area (Å²) in [4.78, 5) is 27.2. The number of carboxylic acids is 1. The first kappa shape index (κ1) is 23.1. The van der Waals surface area contributed by atoms with Gasteiger partial charge in [0.2, 0.25) is 0 Å². The van der Waals surface area contributed by atoms with E-state index in [0.717, 1.165) is 35.8 Å². The van der Waals surface area contributed by atoms with Gasteiger partial charge in [-0.2, -0.15) is 0 Å². The number of carbonyl (C=O) groups excluding carboxylic acids is 1. The van der Waals surface area contributed by atoms with Crippen molar-refractivity contribution in [2.75, 3.05) is 5.75 Å². The molecule has 0 bridgehead atoms. The lowest BCUT2D eigenvalue weighted by molar-refractivity contribution is -0.121. The van der Waals surface area contributed by atoms with E-state index in [2.05, 4.69) is 18.8 Å². The molecule has 0 radical (unpaired) electrons. The summed E-state index contributed by atoms with van der Waals surface area (Å²) in [5.74, 6) is 0.718. The van der Waals surface area contributed by atoms with Crippen molar-refractivity contribution in [3.05, 3.63) is 23.2 Å². The van der Waals surface area contributed by atoms with Gasteiger partial charge in [-0.1, -0.05) is 57.0 Å². The van der Waals surface area contributed by atoms with Crippen LogP contribution in [0.25, 0.3) is 0 Å². The van der Waals surface area contributed by atoms with Gasteiger partial charge in [0.05, 0.1) is 6.10 Å². The maximum absolute atomic E-state index is 12.3. The lowest BCUT2D eigenvalue weighted by Crippen LogP contribution is -2.15. The van der Waals surface area contributed by atoms with Gasteiger partial charge in [-0.05, 0) is 31.1 Å². The van der Waals surface area contributed by atoms with Gasteiger partial charge >= 0.3 is 5.97 Å². The molecule has 0 spiro atoms. The Morgan fingerprint density at radius 2 is 2.29 bits per heavy atom. The van der Waals surface area contributed by atoms with Gasteiger partial charge in [0, 0.05) is 23.5 Å². The normalized spacial score (nSPS) is 22.0. The fourth-order valence-corrected chi connectivity index (χ4v) is 5.56. The Hall–Kier alpha value is -1.18. The second-order valence-electron chi connectivity index (χ2n) is 7.65. The average Bonchev–Trinajstić information content (AvgIpc) is 3.26. The van der Waals surface area contributed by atoms with Crippen molar-refractivity contribution in [3.8, 4) is 0 Å². The molecule has 0 unspecified atom stereocenters. The van der Waals surface area contributed by atoms with E-state index in [1.807, 2.05) is 12.2 Å². The number of unbranched alkanes of at least 4 members (excludes halogenated alkanes) is 1. The largest absolute Gasteiger partial charge is 0.476 e. The minimum absolute atomic E-state index is 0.00706. The molecule has 1 saturated carbocycles. The van der Waals surface area contributed by atoms with Gasteiger partial charge < -0.3 is 10.2 Å². The van der Waals surface area contributed by atoms with Crippen molar-refractivity contribution in [1.29, 1.82) is 0 Å². The van der Waals surface area contributed by atoms with E-state index in [-0.39, 0.29) is 17.5 Å². The lowest BCUT2D eigenvalue weighted by Gasteiger charge is -2.16. The summed E-state index contributed by atoms with van der Waals surface area (Å²) < 4.78 is 0.728. The van der Waals surface area contributed by atoms with Gasteiger partial charge in [0.25, 0.3) is 0 Å². The Bertz CT molecular complexity index is 673. The molecular formula is C21H31NO4S2. The number of ketones is 1. The van der Waals surface area contributed by atoms with Crippen LogP contribution in [0, 0.1) is 17.8 Å². The summed E-state index contributed by atoms with van der Waals surface area (Å²) >= 11 is 2.83. The molecule has 1 aromatic heterocycles. The predicted molar refractivity (Wildman–Crippen MR) is 114 cm³/mol. The fourth-order valence-electron chi connectivity index (χ4n) is 3.67. The minimum atomic E-state index is -1.01. The first-order chi connectivity index (χ1) is 13.4. The Morgan fingerprint density at radius 1 is 1.50 bits per heavy atom. The van der Waals surface area contributed by atoms with Crippen LogP contribution in [-0.2, 0) is 4.79 Å². The average molecular weight is 426 g/mol. The molecule has 28 heavy (non-hydrogen) atoms. The second kappa shape index (κ2) is 11.7. The molecule has 5 nitrogen and oxygen atoms in total. The molecule has 1 aliphatic carbocycles. The van der Waals surface area contributed by atoms with E-state index >= 15 is 0 Å². The van der Waals surface area contributed by atoms with E-state index in [1.165, 1.54) is 35.9 Å². The molecule has 2 N–H and O–H groups in total. The maximum Gasteiger partial charge on any atom is 0.355 e. The number of nitrogens with zero attached hydrogens (tertiary/aromatic N) is 1. The number of carbonyl (C=O) groups is 2. The van der Waals surface area contributed by atoms with E-state index < -0.39 is 12.1 Å². The molecule has 156 valence electrons. The Balaban J connectivity index is 1.80. The number of aromatic carboxylic acids is 1. The van der Waals surface area contributed by atoms with Crippen LogP contribution in [0.15, 0.2) is 21.9 Å². The van der Waals surface area contributed by atoms with Gasteiger partial charge in [0.15, 0.2) is 10.0 Å². The first-order valence-electron chi connectivity index (χ1n) is 10.1. The molecule has 2 rings (SSSR count). The standard InChI is InChI=1S/C21H31NO4S2/c1-3-4-5-14(2)12-16(23)8-6-15-7-9-19(24)17(15)10-11-27-21-22-18(13-28-21)20(25)26/h6,8,13-17,23H,3-5,7,9-12H2,1-2H3,(H,25,26)/t14-,15-,16+,17+/m0/s1. The highest BCUT2D eigenvalue weighted by atomic mass is 32.2. The van der Waals surface area contributed by atoms with Gasteiger partial charge in [0.1, 0.15) is 5.78 Å². The highest BCUT2D eigenvalue weighted by Gasteiger charge is 2.32. The quantitative estimate of drug-likeness (QED) is 0.360. The molecule has 0 aliphatic heterocycles. The zero-order chi connectivity index (χ0) is 20.5. The van der Waals surface area contributed by atoms with Crippen molar-refractivity contribution in [3.63, 3.8) is 0 Å². The monoisotopic (exact) mass is 425 g/mol. The van der Waals surface area contributed by atoms with Crippen LogP contribution < -0.4 is 0 Å². The molecule has 0 amide bonds. The molecule has 1 heterocycles. The number of carboxylic acid groups (broad SMARTS) is 1. The van der Waals surface area contributed by atoms with Crippen molar-refractivity contribution >= 4 is 34.9 Å². The SMILES string of the molecule is CCCC[C@H](C)C[C@H](O)C=C[C@H]1CCC(=O)[C@@H]1CCSc1nc(C(=O)O)cs1. The molecule has 0 aromatic carbocycles. The minimum Gasteiger partial charge on any atom is -0.476 e. The topological polar surface area (TPSA) is 87.5 Å².